The van der Waals surface area contributed by atoms with Crippen LogP contribution in [0.2, 0.25) is 0 Å². The fourth-order valence-corrected chi connectivity index (χ4v) is 6.05. The number of hydrogen-bond donors (Lipinski definition) is 2. The molecule has 3 unspecified atom stereocenters. The third kappa shape index (κ3) is 5.37. The summed E-state index contributed by atoms with van der Waals surface area (Å²) in [5.41, 5.74) is 0.742. The van der Waals surface area contributed by atoms with Crippen LogP contribution in [0, 0.1) is 25.2 Å². The lowest BCUT2D eigenvalue weighted by Crippen LogP contribution is -2.52. The first-order chi connectivity index (χ1) is 15.5. The molecule has 9 nitrogen and oxygen atoms in total. The molecule has 0 aromatic heterocycles. The molecule has 1 aliphatic carbocycles. The summed E-state index contributed by atoms with van der Waals surface area (Å²) in [6.45, 7) is 4.79. The lowest BCUT2D eigenvalue weighted by molar-refractivity contribution is -0.158. The number of nitrogens with one attached hydrogen (secondary N) is 1. The van der Waals surface area contributed by atoms with E-state index in [4.69, 9.17) is 4.74 Å². The van der Waals surface area contributed by atoms with Gasteiger partial charge in [0.25, 0.3) is 5.91 Å². The van der Waals surface area contributed by atoms with Gasteiger partial charge in [-0.1, -0.05) is 25.3 Å². The van der Waals surface area contributed by atoms with E-state index in [0.717, 1.165) is 34.7 Å². The Labute approximate surface area is 194 Å². The van der Waals surface area contributed by atoms with Gasteiger partial charge in [0.2, 0.25) is 10.0 Å². The lowest BCUT2D eigenvalue weighted by atomic mass is 9.83. The van der Waals surface area contributed by atoms with E-state index in [-0.39, 0.29) is 17.9 Å². The molecule has 180 valence electrons. The van der Waals surface area contributed by atoms with Crippen molar-refractivity contribution in [3.63, 3.8) is 0 Å². The molecule has 3 rings (SSSR count). The molecule has 33 heavy (non-hydrogen) atoms. The van der Waals surface area contributed by atoms with Crippen LogP contribution in [0.1, 0.15) is 56.6 Å². The SMILES string of the molecule is Cc1ccc(S(=O)(=O)N2CC(O)CC2C(=O)OC(C)C(=O)NC2(C#N)CCCCC2)cc1C. The third-order valence-electron chi connectivity index (χ3n) is 6.54. The Balaban J connectivity index is 1.73. The Morgan fingerprint density at radius 2 is 1.91 bits per heavy atom. The van der Waals surface area contributed by atoms with Gasteiger partial charge in [-0.2, -0.15) is 9.57 Å². The minimum absolute atomic E-state index is 0.0246. The highest BCUT2D eigenvalue weighted by Crippen LogP contribution is 2.30. The Kier molecular flexibility index (Phi) is 7.46. The van der Waals surface area contributed by atoms with Gasteiger partial charge < -0.3 is 15.2 Å². The number of esters is 1. The summed E-state index contributed by atoms with van der Waals surface area (Å²) >= 11 is 0. The molecule has 10 heteroatoms. The van der Waals surface area contributed by atoms with Crippen LogP contribution in [-0.2, 0) is 24.3 Å². The van der Waals surface area contributed by atoms with Crippen molar-refractivity contribution in [3.8, 4) is 6.07 Å². The number of carbonyl (C=O) groups excluding carboxylic acids is 2. The van der Waals surface area contributed by atoms with Gasteiger partial charge in [0, 0.05) is 13.0 Å². The van der Waals surface area contributed by atoms with Crippen molar-refractivity contribution in [1.29, 1.82) is 5.26 Å². The number of benzene rings is 1. The number of aliphatic hydroxyl groups is 1. The number of aliphatic hydroxyl groups excluding tert-OH is 1. The van der Waals surface area contributed by atoms with Crippen LogP contribution >= 0.6 is 0 Å². The number of aryl methyl sites for hydroxylation is 2. The normalized spacial score (nSPS) is 24.0. The average molecular weight is 478 g/mol. The van der Waals surface area contributed by atoms with Crippen LogP contribution in [0.5, 0.6) is 0 Å². The molecule has 0 bridgehead atoms. The molecule has 1 aromatic rings. The molecule has 1 heterocycles. The summed E-state index contributed by atoms with van der Waals surface area (Å²) in [7, 11) is -4.07. The van der Waals surface area contributed by atoms with Gasteiger partial charge in [-0.3, -0.25) is 9.59 Å². The fraction of sp³-hybridized carbons (Fsp3) is 0.609. The summed E-state index contributed by atoms with van der Waals surface area (Å²) in [4.78, 5) is 25.5. The average Bonchev–Trinajstić information content (AvgIpc) is 3.19. The molecular weight excluding hydrogens is 446 g/mol. The zero-order chi connectivity index (χ0) is 24.4. The summed E-state index contributed by atoms with van der Waals surface area (Å²) < 4.78 is 32.7. The highest BCUT2D eigenvalue weighted by molar-refractivity contribution is 7.89. The molecule has 2 aliphatic rings. The molecule has 3 atom stereocenters. The number of sulfonamides is 1. The molecule has 1 aliphatic heterocycles. The number of nitrogens with zero attached hydrogens (tertiary/aromatic N) is 2. The number of carbonyl (C=O) groups is 2. The second kappa shape index (κ2) is 9.79. The number of hydrogen-bond acceptors (Lipinski definition) is 7. The zero-order valence-electron chi connectivity index (χ0n) is 19.2. The van der Waals surface area contributed by atoms with E-state index in [9.17, 15) is 28.4 Å². The topological polar surface area (TPSA) is 137 Å². The van der Waals surface area contributed by atoms with Crippen LogP contribution in [0.4, 0.5) is 0 Å². The van der Waals surface area contributed by atoms with E-state index in [0.29, 0.717) is 12.8 Å². The standard InChI is InChI=1S/C23H31N3O6S/c1-15-7-8-19(11-16(15)2)33(30,31)26-13-18(27)12-20(26)22(29)32-17(3)21(28)25-23(14-24)9-5-4-6-10-23/h7-8,11,17-18,20,27H,4-6,9-10,12-13H2,1-3H3,(H,25,28). The molecule has 1 saturated carbocycles. The van der Waals surface area contributed by atoms with E-state index >= 15 is 0 Å². The molecule has 1 saturated heterocycles. The number of nitriles is 1. The predicted molar refractivity (Wildman–Crippen MR) is 119 cm³/mol. The fourth-order valence-electron chi connectivity index (χ4n) is 4.34. The summed E-state index contributed by atoms with van der Waals surface area (Å²) in [5.74, 6) is -1.51. The van der Waals surface area contributed by atoms with Crippen molar-refractivity contribution in [1.82, 2.24) is 9.62 Å². The molecule has 0 spiro atoms. The maximum Gasteiger partial charge on any atom is 0.325 e. The number of β-amino-alcohol motifs (C(OH)–C–C–N with tert-alkyl or cyclic N) is 1. The highest BCUT2D eigenvalue weighted by atomic mass is 32.2. The first kappa shape index (κ1) is 25.1. The van der Waals surface area contributed by atoms with E-state index in [2.05, 4.69) is 11.4 Å². The Morgan fingerprint density at radius 3 is 2.52 bits per heavy atom. The minimum atomic E-state index is -4.07. The lowest BCUT2D eigenvalue weighted by Gasteiger charge is -2.32. The first-order valence-electron chi connectivity index (χ1n) is 11.2. The summed E-state index contributed by atoms with van der Waals surface area (Å²) in [5, 5.41) is 22.4. The number of ether oxygens (including phenoxy) is 1. The van der Waals surface area contributed by atoms with Gasteiger partial charge >= 0.3 is 5.97 Å². The van der Waals surface area contributed by atoms with Crippen LogP contribution in [0.15, 0.2) is 23.1 Å². The molecular formula is C23H31N3O6S. The quantitative estimate of drug-likeness (QED) is 0.595. The van der Waals surface area contributed by atoms with Crippen molar-refractivity contribution >= 4 is 21.9 Å². The maximum absolute atomic E-state index is 13.2. The Bertz CT molecular complexity index is 1060. The predicted octanol–water partition coefficient (Wildman–Crippen LogP) is 1.70. The number of amides is 1. The second-order valence-electron chi connectivity index (χ2n) is 9.05. The van der Waals surface area contributed by atoms with Gasteiger partial charge in [0.1, 0.15) is 11.6 Å². The van der Waals surface area contributed by atoms with E-state index in [1.807, 2.05) is 6.92 Å². The maximum atomic E-state index is 13.2. The van der Waals surface area contributed by atoms with E-state index in [1.54, 1.807) is 13.0 Å². The van der Waals surface area contributed by atoms with E-state index in [1.165, 1.54) is 19.1 Å². The molecule has 1 amide bonds. The van der Waals surface area contributed by atoms with Gasteiger partial charge in [-0.15, -0.1) is 0 Å². The van der Waals surface area contributed by atoms with Gasteiger partial charge in [-0.25, -0.2) is 8.42 Å². The van der Waals surface area contributed by atoms with Crippen LogP contribution in [-0.4, -0.2) is 60.0 Å². The van der Waals surface area contributed by atoms with E-state index < -0.39 is 45.7 Å². The van der Waals surface area contributed by atoms with Crippen LogP contribution < -0.4 is 5.32 Å². The van der Waals surface area contributed by atoms with Crippen molar-refractivity contribution in [2.45, 2.75) is 88.0 Å². The molecule has 2 fully saturated rings. The second-order valence-corrected chi connectivity index (χ2v) is 10.9. The monoisotopic (exact) mass is 477 g/mol. The smallest absolute Gasteiger partial charge is 0.325 e. The molecule has 1 aromatic carbocycles. The molecule has 0 radical (unpaired) electrons. The number of rotatable bonds is 6. The van der Waals surface area contributed by atoms with Crippen molar-refractivity contribution in [3.05, 3.63) is 29.3 Å². The summed E-state index contributed by atoms with van der Waals surface area (Å²) in [6, 6.07) is 5.61. The minimum Gasteiger partial charge on any atom is -0.451 e. The Morgan fingerprint density at radius 1 is 1.24 bits per heavy atom. The first-order valence-corrected chi connectivity index (χ1v) is 12.6. The highest BCUT2D eigenvalue weighted by Gasteiger charge is 2.45. The van der Waals surface area contributed by atoms with Crippen LogP contribution in [0.25, 0.3) is 0 Å². The van der Waals surface area contributed by atoms with Crippen molar-refractivity contribution < 1.29 is 27.9 Å². The van der Waals surface area contributed by atoms with Gasteiger partial charge in [0.05, 0.1) is 17.1 Å². The summed E-state index contributed by atoms with van der Waals surface area (Å²) in [6.07, 6.45) is 1.35. The van der Waals surface area contributed by atoms with Crippen molar-refractivity contribution in [2.24, 2.45) is 0 Å². The largest absolute Gasteiger partial charge is 0.451 e. The Hall–Kier alpha value is -2.48. The van der Waals surface area contributed by atoms with Gasteiger partial charge in [-0.05, 0) is 56.9 Å². The van der Waals surface area contributed by atoms with Crippen molar-refractivity contribution in [2.75, 3.05) is 6.54 Å². The zero-order valence-corrected chi connectivity index (χ0v) is 20.0. The van der Waals surface area contributed by atoms with Crippen LogP contribution in [0.3, 0.4) is 0 Å². The third-order valence-corrected chi connectivity index (χ3v) is 8.41. The molecule has 2 N–H and O–H groups in total. The van der Waals surface area contributed by atoms with Gasteiger partial charge in [0.15, 0.2) is 6.10 Å².